The average molecular weight is 1310 g/mol. The number of benzene rings is 3. The Morgan fingerprint density at radius 3 is 0.766 bits per heavy atom. The van der Waals surface area contributed by atoms with Crippen LogP contribution in [0.3, 0.4) is 0 Å². The van der Waals surface area contributed by atoms with Gasteiger partial charge in [0.2, 0.25) is 17.7 Å². The van der Waals surface area contributed by atoms with Crippen LogP contribution in [-0.2, 0) is 34.0 Å². The van der Waals surface area contributed by atoms with E-state index in [-0.39, 0.29) is 35.4 Å². The summed E-state index contributed by atoms with van der Waals surface area (Å²) in [5.41, 5.74) is 4.51. The first kappa shape index (κ1) is 76.9. The zero-order chi connectivity index (χ0) is 66.6. The van der Waals surface area contributed by atoms with E-state index in [1.54, 1.807) is 57.5 Å². The molecule has 0 aromatic heterocycles. The predicted molar refractivity (Wildman–Crippen MR) is 372 cm³/mol. The highest BCUT2D eigenvalue weighted by Gasteiger charge is 2.27. The van der Waals surface area contributed by atoms with Gasteiger partial charge in [-0.25, -0.2) is 0 Å². The van der Waals surface area contributed by atoms with Gasteiger partial charge in [0.05, 0.1) is 0 Å². The molecule has 3 aromatic carbocycles. The second kappa shape index (κ2) is 46.9. The van der Waals surface area contributed by atoms with E-state index in [1.165, 1.54) is 0 Å². The third-order valence-corrected chi connectivity index (χ3v) is 16.9. The fourth-order valence-corrected chi connectivity index (χ4v) is 11.2. The highest BCUT2D eigenvalue weighted by molar-refractivity contribution is 5.99. The quantitative estimate of drug-likeness (QED) is 0.0277. The second-order valence-electron chi connectivity index (χ2n) is 24.0. The third-order valence-electron chi connectivity index (χ3n) is 16.9. The summed E-state index contributed by atoms with van der Waals surface area (Å²) >= 11 is 0. The highest BCUT2D eigenvalue weighted by Crippen LogP contribution is 2.10. The van der Waals surface area contributed by atoms with E-state index in [9.17, 15) is 28.8 Å². The number of hydrogen-bond acceptors (Lipinski definition) is 22. The Morgan fingerprint density at radius 1 is 0.340 bits per heavy atom. The third kappa shape index (κ3) is 31.1. The predicted octanol–water partition coefficient (Wildman–Crippen LogP) is -5.56. The molecule has 0 aliphatic carbocycles. The van der Waals surface area contributed by atoms with Gasteiger partial charge < -0.3 is 95.7 Å². The Balaban J connectivity index is 1.00. The molecule has 3 fully saturated rings. The highest BCUT2D eigenvalue weighted by atomic mass is 16.2. The van der Waals surface area contributed by atoms with Gasteiger partial charge >= 0.3 is 0 Å². The second-order valence-corrected chi connectivity index (χ2v) is 24.0. The number of nitrogens with one attached hydrogen (secondary N) is 18. The van der Waals surface area contributed by atoms with E-state index < -0.39 is 18.1 Å². The van der Waals surface area contributed by atoms with Crippen LogP contribution in [0.15, 0.2) is 72.8 Å². The van der Waals surface area contributed by atoms with Crippen LogP contribution in [0.25, 0.3) is 0 Å². The van der Waals surface area contributed by atoms with E-state index in [4.69, 9.17) is 0 Å². The normalized spacial score (nSPS) is 18.1. The molecular weight excluding hydrogens is 1200 g/mol. The van der Waals surface area contributed by atoms with Crippen molar-refractivity contribution in [3.8, 4) is 0 Å². The molecule has 3 saturated heterocycles. The molecule has 94 heavy (non-hydrogen) atoms. The standard InChI is InChI=1S/C66H114N22O6/c1-67-64(92)58(49-86-40-28-73-22-16-70-17-23-74-29-41-86)82-61(89)55-10-4-52(5-11-55)46-79-34-37-85(38-35-80-47-53-6-12-56(13-7-53)62(90)83-59(65(93)68-2)50-87-42-30-75-24-18-71-19-25-76-31-43-87)39-36-81-48-54-8-14-57(15-9-54)63(91)84-60(66(94)69-3)51-88-44-32-77-26-20-72-21-27-78-33-45-88/h4-15,58-60,70-81H,16-51H2,1-3H3,(H,67,92)(H,68,93)(H,69,94)(H,82,89)(H,83,90)(H,84,91)/t58-,59-,60-/m0/s1. The molecule has 0 saturated carbocycles. The van der Waals surface area contributed by atoms with Crippen molar-refractivity contribution < 1.29 is 28.8 Å². The summed E-state index contributed by atoms with van der Waals surface area (Å²) in [5.74, 6) is -1.63. The van der Waals surface area contributed by atoms with Gasteiger partial charge in [-0.2, -0.15) is 0 Å². The van der Waals surface area contributed by atoms with E-state index in [0.29, 0.717) is 75.6 Å². The number of hydrogen-bond donors (Lipinski definition) is 18. The lowest BCUT2D eigenvalue weighted by Gasteiger charge is -2.28. The van der Waals surface area contributed by atoms with Gasteiger partial charge in [0, 0.05) is 273 Å². The molecule has 3 aliphatic heterocycles. The number of likely N-dealkylation sites (N-methyl/N-ethyl adjacent to an activating group) is 3. The average Bonchev–Trinajstić information content (AvgIpc) is 1.06. The summed E-state index contributed by atoms with van der Waals surface area (Å²) in [6.07, 6.45) is 0. The lowest BCUT2D eigenvalue weighted by Crippen LogP contribution is -2.53. The summed E-state index contributed by atoms with van der Waals surface area (Å²) in [7, 11) is 4.78. The lowest BCUT2D eigenvalue weighted by atomic mass is 10.1. The minimum absolute atomic E-state index is 0.239. The Kier molecular flexibility index (Phi) is 38.3. The fourth-order valence-electron chi connectivity index (χ4n) is 11.2. The van der Waals surface area contributed by atoms with Crippen LogP contribution in [0.1, 0.15) is 47.8 Å². The van der Waals surface area contributed by atoms with Crippen LogP contribution in [0, 0.1) is 0 Å². The van der Waals surface area contributed by atoms with Gasteiger partial charge in [-0.1, -0.05) is 36.4 Å². The number of carbonyl (C=O) groups excluding carboxylic acids is 6. The zero-order valence-corrected chi connectivity index (χ0v) is 56.4. The molecule has 3 atom stereocenters. The van der Waals surface area contributed by atoms with Crippen molar-refractivity contribution in [2.75, 3.05) is 237 Å². The molecule has 6 rings (SSSR count). The largest absolute Gasteiger partial charge is 0.357 e. The molecule has 3 aromatic rings. The van der Waals surface area contributed by atoms with Crippen molar-refractivity contribution in [1.82, 2.24) is 115 Å². The smallest absolute Gasteiger partial charge is 0.251 e. The minimum Gasteiger partial charge on any atom is -0.357 e. The summed E-state index contributed by atoms with van der Waals surface area (Å²) in [4.78, 5) is 89.1. The van der Waals surface area contributed by atoms with Crippen molar-refractivity contribution in [3.63, 3.8) is 0 Å². The molecule has 524 valence electrons. The molecule has 28 heteroatoms. The van der Waals surface area contributed by atoms with Crippen molar-refractivity contribution >= 4 is 35.4 Å². The number of carbonyl (C=O) groups is 6. The molecular formula is C66H114N22O6. The van der Waals surface area contributed by atoms with E-state index in [1.807, 2.05) is 36.4 Å². The van der Waals surface area contributed by atoms with Gasteiger partial charge in [0.1, 0.15) is 18.1 Å². The van der Waals surface area contributed by atoms with Gasteiger partial charge in [-0.15, -0.1) is 0 Å². The summed E-state index contributed by atoms with van der Waals surface area (Å²) in [6.45, 7) is 27.0. The molecule has 6 amide bonds. The van der Waals surface area contributed by atoms with Crippen molar-refractivity contribution in [2.24, 2.45) is 0 Å². The topological polar surface area (TPSA) is 332 Å². The Bertz CT molecular complexity index is 2290. The number of amides is 6. The maximum absolute atomic E-state index is 13.6. The molecule has 18 N–H and O–H groups in total. The van der Waals surface area contributed by atoms with E-state index >= 15 is 0 Å². The Labute approximate surface area is 558 Å². The van der Waals surface area contributed by atoms with Gasteiger partial charge in [-0.05, 0) is 53.1 Å². The Morgan fingerprint density at radius 2 is 0.553 bits per heavy atom. The first-order valence-corrected chi connectivity index (χ1v) is 34.2. The van der Waals surface area contributed by atoms with Gasteiger partial charge in [0.15, 0.2) is 0 Å². The van der Waals surface area contributed by atoms with Crippen LogP contribution < -0.4 is 95.7 Å². The van der Waals surface area contributed by atoms with Crippen molar-refractivity contribution in [2.45, 2.75) is 37.8 Å². The van der Waals surface area contributed by atoms with Crippen LogP contribution in [0.5, 0.6) is 0 Å². The SMILES string of the molecule is CNC(=O)[C@H](CN1CCNCCNCCNCC1)NC(=O)c1ccc(CNCCN(CCNCc2ccc(C(=O)N[C@@H](CN3CCNCCNCCNCC3)C(=O)NC)cc2)CCNCc2ccc(C(=O)N[C@@H](CN3CCNCCNCCNCC3)C(=O)NC)cc2)cc1. The zero-order valence-electron chi connectivity index (χ0n) is 56.4. The lowest BCUT2D eigenvalue weighted by molar-refractivity contribution is -0.123. The monoisotopic (exact) mass is 1310 g/mol. The molecule has 0 spiro atoms. The maximum atomic E-state index is 13.6. The van der Waals surface area contributed by atoms with E-state index in [0.717, 1.165) is 193 Å². The van der Waals surface area contributed by atoms with Crippen molar-refractivity contribution in [1.29, 1.82) is 0 Å². The van der Waals surface area contributed by atoms with Crippen LogP contribution >= 0.6 is 0 Å². The van der Waals surface area contributed by atoms with Gasteiger partial charge in [0.25, 0.3) is 17.7 Å². The summed E-state index contributed by atoms with van der Waals surface area (Å²) in [6, 6.07) is 20.3. The van der Waals surface area contributed by atoms with Crippen LogP contribution in [0.2, 0.25) is 0 Å². The fraction of sp³-hybridized carbons (Fsp3) is 0.636. The Hall–Kier alpha value is -6.16. The number of rotatable bonds is 30. The summed E-state index contributed by atoms with van der Waals surface area (Å²) in [5, 5.41) is 58.9. The molecule has 0 bridgehead atoms. The first-order chi connectivity index (χ1) is 46.0. The summed E-state index contributed by atoms with van der Waals surface area (Å²) < 4.78 is 0. The molecule has 3 aliphatic rings. The number of nitrogens with zero attached hydrogens (tertiary/aromatic N) is 4. The van der Waals surface area contributed by atoms with Crippen LogP contribution in [-0.4, -0.2) is 310 Å². The van der Waals surface area contributed by atoms with Crippen molar-refractivity contribution in [3.05, 3.63) is 106 Å². The molecule has 28 nitrogen and oxygen atoms in total. The maximum Gasteiger partial charge on any atom is 0.251 e. The van der Waals surface area contributed by atoms with Gasteiger partial charge in [-0.3, -0.25) is 48.4 Å². The first-order valence-electron chi connectivity index (χ1n) is 34.2. The minimum atomic E-state index is -0.722. The molecule has 3 heterocycles. The molecule has 0 unspecified atom stereocenters. The van der Waals surface area contributed by atoms with E-state index in [2.05, 4.69) is 115 Å². The van der Waals surface area contributed by atoms with Crippen LogP contribution in [0.4, 0.5) is 0 Å². The molecule has 0 radical (unpaired) electrons.